The van der Waals surface area contributed by atoms with Crippen molar-refractivity contribution in [2.75, 3.05) is 19.6 Å². The summed E-state index contributed by atoms with van der Waals surface area (Å²) in [5, 5.41) is 0. The molecule has 0 bridgehead atoms. The fourth-order valence-corrected chi connectivity index (χ4v) is 3.83. The molecule has 1 saturated heterocycles. The number of ether oxygens (including phenoxy) is 1. The number of morpholine rings is 1. The van der Waals surface area contributed by atoms with Crippen molar-refractivity contribution in [3.8, 4) is 0 Å². The fourth-order valence-electron chi connectivity index (χ4n) is 2.23. The van der Waals surface area contributed by atoms with Gasteiger partial charge in [-0.3, -0.25) is 4.98 Å². The lowest BCUT2D eigenvalue weighted by Gasteiger charge is -2.41. The van der Waals surface area contributed by atoms with Crippen molar-refractivity contribution in [2.24, 2.45) is 5.73 Å². The van der Waals surface area contributed by atoms with Crippen LogP contribution in [0.15, 0.2) is 23.4 Å². The Hall–Kier alpha value is -1.09. The average molecular weight is 303 g/mol. The number of pyridine rings is 1. The van der Waals surface area contributed by atoms with E-state index in [0.29, 0.717) is 0 Å². The van der Waals surface area contributed by atoms with Gasteiger partial charge in [-0.15, -0.1) is 0 Å². The molecule has 0 amide bonds. The van der Waals surface area contributed by atoms with E-state index >= 15 is 0 Å². The molecule has 2 N–H and O–H groups in total. The molecule has 1 aromatic heterocycles. The zero-order chi connectivity index (χ0) is 15.0. The molecule has 0 aromatic carbocycles. The van der Waals surface area contributed by atoms with Gasteiger partial charge in [0.15, 0.2) is 0 Å². The van der Waals surface area contributed by atoms with Crippen LogP contribution in [0.2, 0.25) is 0 Å². The van der Waals surface area contributed by atoms with Gasteiger partial charge in [-0.2, -0.15) is 4.31 Å². The third-order valence-corrected chi connectivity index (χ3v) is 4.81. The Balaban J connectivity index is 2.33. The Morgan fingerprint density at radius 3 is 2.85 bits per heavy atom. The fraction of sp³-hybridized carbons (Fsp3) is 0.583. The highest BCUT2D eigenvalue weighted by molar-refractivity contribution is 7.89. The van der Waals surface area contributed by atoms with Crippen molar-refractivity contribution < 1.29 is 17.5 Å². The van der Waals surface area contributed by atoms with Crippen LogP contribution < -0.4 is 5.73 Å². The van der Waals surface area contributed by atoms with Gasteiger partial charge < -0.3 is 10.5 Å². The topological polar surface area (TPSA) is 85.5 Å². The molecule has 0 spiro atoms. The predicted molar refractivity (Wildman–Crippen MR) is 71.0 cm³/mol. The molecule has 1 atom stereocenters. The first-order valence-electron chi connectivity index (χ1n) is 6.23. The minimum absolute atomic E-state index is 0.152. The Bertz CT molecular complexity index is 591. The van der Waals surface area contributed by atoms with Gasteiger partial charge in [-0.05, 0) is 19.9 Å². The first-order valence-corrected chi connectivity index (χ1v) is 7.67. The molecule has 2 heterocycles. The van der Waals surface area contributed by atoms with Crippen molar-refractivity contribution in [2.45, 2.75) is 30.4 Å². The van der Waals surface area contributed by atoms with E-state index in [2.05, 4.69) is 4.98 Å². The Morgan fingerprint density at radius 1 is 1.55 bits per heavy atom. The molecular weight excluding hydrogens is 285 g/mol. The van der Waals surface area contributed by atoms with E-state index in [4.69, 9.17) is 10.5 Å². The van der Waals surface area contributed by atoms with Crippen molar-refractivity contribution >= 4 is 10.0 Å². The SMILES string of the molecule is CC1(C)CN(S(=O)(=O)c2cncc(F)c2)CC(CN)O1. The lowest BCUT2D eigenvalue weighted by Crippen LogP contribution is -2.56. The van der Waals surface area contributed by atoms with Gasteiger partial charge in [0.05, 0.1) is 17.9 Å². The summed E-state index contributed by atoms with van der Waals surface area (Å²) >= 11 is 0. The minimum Gasteiger partial charge on any atom is -0.368 e. The van der Waals surface area contributed by atoms with Gasteiger partial charge in [0.2, 0.25) is 10.0 Å². The quantitative estimate of drug-likeness (QED) is 0.870. The highest BCUT2D eigenvalue weighted by atomic mass is 32.2. The zero-order valence-electron chi connectivity index (χ0n) is 11.4. The monoisotopic (exact) mass is 303 g/mol. The van der Waals surface area contributed by atoms with E-state index in [1.54, 1.807) is 13.8 Å². The van der Waals surface area contributed by atoms with Crippen molar-refractivity contribution in [3.05, 3.63) is 24.3 Å². The second kappa shape index (κ2) is 5.36. The minimum atomic E-state index is -3.80. The van der Waals surface area contributed by atoms with Crippen LogP contribution in [0.25, 0.3) is 0 Å². The van der Waals surface area contributed by atoms with Crippen LogP contribution in [0.4, 0.5) is 4.39 Å². The smallest absolute Gasteiger partial charge is 0.244 e. The van der Waals surface area contributed by atoms with E-state index in [9.17, 15) is 12.8 Å². The molecule has 2 rings (SSSR count). The van der Waals surface area contributed by atoms with E-state index in [1.165, 1.54) is 4.31 Å². The predicted octanol–water partition coefficient (Wildman–Crippen LogP) is 0.348. The largest absolute Gasteiger partial charge is 0.368 e. The van der Waals surface area contributed by atoms with Crippen molar-refractivity contribution in [3.63, 3.8) is 0 Å². The van der Waals surface area contributed by atoms with Crippen LogP contribution in [0, 0.1) is 5.82 Å². The Morgan fingerprint density at radius 2 is 2.25 bits per heavy atom. The van der Waals surface area contributed by atoms with Crippen LogP contribution in [-0.2, 0) is 14.8 Å². The van der Waals surface area contributed by atoms with Crippen LogP contribution in [0.5, 0.6) is 0 Å². The second-order valence-corrected chi connectivity index (χ2v) is 7.31. The molecule has 6 nitrogen and oxygen atoms in total. The number of nitrogens with zero attached hydrogens (tertiary/aromatic N) is 2. The molecule has 112 valence electrons. The third-order valence-electron chi connectivity index (χ3n) is 3.03. The molecule has 0 aliphatic carbocycles. The summed E-state index contributed by atoms with van der Waals surface area (Å²) in [6, 6.07) is 0.961. The molecule has 1 unspecified atom stereocenters. The molecule has 0 radical (unpaired) electrons. The lowest BCUT2D eigenvalue weighted by atomic mass is 10.1. The number of sulfonamides is 1. The molecule has 8 heteroatoms. The molecule has 1 aliphatic rings. The summed E-state index contributed by atoms with van der Waals surface area (Å²) in [5.41, 5.74) is 4.93. The van der Waals surface area contributed by atoms with Crippen LogP contribution in [0.1, 0.15) is 13.8 Å². The summed E-state index contributed by atoms with van der Waals surface area (Å²) in [7, 11) is -3.80. The molecule has 20 heavy (non-hydrogen) atoms. The Labute approximate surface area is 117 Å². The maximum absolute atomic E-state index is 13.2. The normalized spacial score (nSPS) is 23.7. The molecule has 1 fully saturated rings. The highest BCUT2D eigenvalue weighted by Gasteiger charge is 2.39. The van der Waals surface area contributed by atoms with Gasteiger partial charge >= 0.3 is 0 Å². The summed E-state index contributed by atoms with van der Waals surface area (Å²) in [6.07, 6.45) is 1.72. The Kier molecular flexibility index (Phi) is 4.10. The van der Waals surface area contributed by atoms with E-state index in [1.807, 2.05) is 0 Å². The van der Waals surface area contributed by atoms with E-state index in [0.717, 1.165) is 18.5 Å². The first-order chi connectivity index (χ1) is 9.24. The number of hydrogen-bond acceptors (Lipinski definition) is 5. The standard InChI is InChI=1S/C12H18FN3O3S/c1-12(2)8-16(7-10(4-14)19-12)20(17,18)11-3-9(13)5-15-6-11/h3,5-6,10H,4,7-8,14H2,1-2H3. The molecule has 0 saturated carbocycles. The second-order valence-electron chi connectivity index (χ2n) is 5.37. The van der Waals surface area contributed by atoms with E-state index < -0.39 is 21.4 Å². The van der Waals surface area contributed by atoms with Crippen molar-refractivity contribution in [1.82, 2.24) is 9.29 Å². The van der Waals surface area contributed by atoms with Gasteiger partial charge in [0.1, 0.15) is 10.7 Å². The van der Waals surface area contributed by atoms with Gasteiger partial charge in [0.25, 0.3) is 0 Å². The van der Waals surface area contributed by atoms with E-state index in [-0.39, 0.29) is 30.6 Å². The highest BCUT2D eigenvalue weighted by Crippen LogP contribution is 2.26. The molecular formula is C12H18FN3O3S. The third kappa shape index (κ3) is 3.14. The maximum Gasteiger partial charge on any atom is 0.244 e. The van der Waals surface area contributed by atoms with Gasteiger partial charge in [0, 0.05) is 25.8 Å². The van der Waals surface area contributed by atoms with Crippen LogP contribution in [0.3, 0.4) is 0 Å². The number of halogens is 1. The average Bonchev–Trinajstić information content (AvgIpc) is 2.36. The van der Waals surface area contributed by atoms with Crippen LogP contribution >= 0.6 is 0 Å². The van der Waals surface area contributed by atoms with Gasteiger partial charge in [-0.1, -0.05) is 0 Å². The first kappa shape index (κ1) is 15.3. The summed E-state index contributed by atoms with van der Waals surface area (Å²) in [4.78, 5) is 3.42. The number of hydrogen-bond donors (Lipinski definition) is 1. The maximum atomic E-state index is 13.2. The summed E-state index contributed by atoms with van der Waals surface area (Å²) < 4.78 is 45.1. The summed E-state index contributed by atoms with van der Waals surface area (Å²) in [6.45, 7) is 4.14. The summed E-state index contributed by atoms with van der Waals surface area (Å²) in [5.74, 6) is -0.686. The molecule has 1 aliphatic heterocycles. The number of rotatable bonds is 3. The lowest BCUT2D eigenvalue weighted by molar-refractivity contribution is -0.112. The number of aromatic nitrogens is 1. The number of nitrogens with two attached hydrogens (primary N) is 1. The van der Waals surface area contributed by atoms with Crippen molar-refractivity contribution in [1.29, 1.82) is 0 Å². The zero-order valence-corrected chi connectivity index (χ0v) is 12.2. The molecule has 1 aromatic rings. The van der Waals surface area contributed by atoms with Crippen LogP contribution in [-0.4, -0.2) is 49.0 Å². The van der Waals surface area contributed by atoms with Gasteiger partial charge in [-0.25, -0.2) is 12.8 Å².